The second-order valence-electron chi connectivity index (χ2n) is 5.88. The van der Waals surface area contributed by atoms with Crippen molar-refractivity contribution in [3.63, 3.8) is 0 Å². The summed E-state index contributed by atoms with van der Waals surface area (Å²) in [7, 11) is 0. The van der Waals surface area contributed by atoms with Crippen LogP contribution >= 0.6 is 0 Å². The molecule has 2 rings (SSSR count). The van der Waals surface area contributed by atoms with E-state index in [4.69, 9.17) is 0 Å². The van der Waals surface area contributed by atoms with Crippen molar-refractivity contribution < 1.29 is 32.6 Å². The molecule has 0 radical (unpaired) electrons. The summed E-state index contributed by atoms with van der Waals surface area (Å²) in [6.07, 6.45) is -5.15. The van der Waals surface area contributed by atoms with Crippen molar-refractivity contribution in [3.05, 3.63) is 77.1 Å². The quantitative estimate of drug-likeness (QED) is 0.243. The predicted octanol–water partition coefficient (Wildman–Crippen LogP) is 4.95. The number of hydrogen-bond donors (Lipinski definition) is 1. The highest BCUT2D eigenvalue weighted by atomic mass is 19.4. The third kappa shape index (κ3) is 5.54. The number of allylic oxidation sites excluding steroid dienone is 1. The lowest BCUT2D eigenvalue weighted by atomic mass is 10.0. The van der Waals surface area contributed by atoms with Gasteiger partial charge in [-0.1, -0.05) is 42.5 Å². The molecule has 0 aromatic heterocycles. The highest BCUT2D eigenvalue weighted by molar-refractivity contribution is 6.20. The fraction of sp³-hybridized carbons (Fsp3) is 0.190. The van der Waals surface area contributed by atoms with Crippen molar-refractivity contribution in [2.45, 2.75) is 20.0 Å². The molecule has 0 aliphatic carbocycles. The van der Waals surface area contributed by atoms with Gasteiger partial charge in [0.05, 0.1) is 18.0 Å². The number of halogens is 3. The summed E-state index contributed by atoms with van der Waals surface area (Å²) in [6, 6.07) is 14.3. The third-order valence-electron chi connectivity index (χ3n) is 3.79. The molecule has 0 amide bonds. The Labute approximate surface area is 165 Å². The monoisotopic (exact) mass is 405 g/mol. The van der Waals surface area contributed by atoms with Gasteiger partial charge in [0.15, 0.2) is 5.78 Å². The molecule has 0 unspecified atom stereocenters. The molecule has 0 atom stereocenters. The van der Waals surface area contributed by atoms with Gasteiger partial charge in [-0.2, -0.15) is 13.2 Å². The van der Waals surface area contributed by atoms with Gasteiger partial charge in [-0.15, -0.1) is 0 Å². The number of benzene rings is 2. The van der Waals surface area contributed by atoms with Gasteiger partial charge in [0.25, 0.3) is 0 Å². The van der Waals surface area contributed by atoms with Gasteiger partial charge in [0.2, 0.25) is 5.76 Å². The fourth-order valence-electron chi connectivity index (χ4n) is 2.48. The molecule has 0 saturated carbocycles. The number of nitrogens with zero attached hydrogens (tertiary/aromatic N) is 1. The molecule has 0 fully saturated rings. The van der Waals surface area contributed by atoms with Crippen molar-refractivity contribution in [2.24, 2.45) is 4.99 Å². The largest absolute Gasteiger partial charge is 0.504 e. The average Bonchev–Trinajstić information content (AvgIpc) is 2.68. The molecule has 0 spiro atoms. The normalized spacial score (nSPS) is 12.9. The first-order valence-corrected chi connectivity index (χ1v) is 8.58. The average molecular weight is 405 g/mol. The molecule has 0 aliphatic heterocycles. The van der Waals surface area contributed by atoms with E-state index in [2.05, 4.69) is 9.73 Å². The second-order valence-corrected chi connectivity index (χ2v) is 5.88. The first-order valence-electron chi connectivity index (χ1n) is 8.58. The lowest BCUT2D eigenvalue weighted by Crippen LogP contribution is -2.23. The lowest BCUT2D eigenvalue weighted by molar-refractivity contribution is -0.141. The highest BCUT2D eigenvalue weighted by Crippen LogP contribution is 2.28. The van der Waals surface area contributed by atoms with Crippen LogP contribution in [-0.4, -0.2) is 35.4 Å². The van der Waals surface area contributed by atoms with Gasteiger partial charge in [-0.25, -0.2) is 4.79 Å². The van der Waals surface area contributed by atoms with Gasteiger partial charge < -0.3 is 9.84 Å². The number of aliphatic hydroxyl groups excluding tert-OH is 1. The number of carbonyl (C=O) groups is 2. The minimum atomic E-state index is -5.15. The lowest BCUT2D eigenvalue weighted by Gasteiger charge is -2.12. The summed E-state index contributed by atoms with van der Waals surface area (Å²) in [5, 5.41) is 9.50. The van der Waals surface area contributed by atoms with Crippen LogP contribution < -0.4 is 0 Å². The minimum absolute atomic E-state index is 0.140. The van der Waals surface area contributed by atoms with Crippen LogP contribution in [0.1, 0.15) is 29.8 Å². The number of aliphatic hydroxyl groups is 1. The number of hydrogen-bond acceptors (Lipinski definition) is 5. The van der Waals surface area contributed by atoms with Crippen molar-refractivity contribution in [3.8, 4) is 0 Å². The third-order valence-corrected chi connectivity index (χ3v) is 3.79. The number of carbonyl (C=O) groups excluding carboxylic acids is 2. The molecule has 0 aliphatic rings. The molecular weight excluding hydrogens is 387 g/mol. The molecule has 0 saturated heterocycles. The summed E-state index contributed by atoms with van der Waals surface area (Å²) >= 11 is 0. The number of aliphatic imine (C=N–C) groups is 1. The molecule has 1 N–H and O–H groups in total. The molecule has 2 aromatic rings. The SMILES string of the molecule is CCOC(=O)/C(C(C)=Nc1cccc(C(=O)c2ccccc2)c1)=C(/O)C(F)(F)F. The van der Waals surface area contributed by atoms with Crippen molar-refractivity contribution in [2.75, 3.05) is 6.61 Å². The Kier molecular flexibility index (Phi) is 6.93. The van der Waals surface area contributed by atoms with Crippen molar-refractivity contribution in [1.29, 1.82) is 0 Å². The summed E-state index contributed by atoms with van der Waals surface area (Å²) in [4.78, 5) is 28.5. The molecule has 0 bridgehead atoms. The van der Waals surface area contributed by atoms with Crippen LogP contribution in [0.15, 0.2) is 70.9 Å². The maximum Gasteiger partial charge on any atom is 0.449 e. The van der Waals surface area contributed by atoms with Gasteiger partial charge >= 0.3 is 12.1 Å². The Morgan fingerprint density at radius 2 is 1.66 bits per heavy atom. The molecule has 29 heavy (non-hydrogen) atoms. The van der Waals surface area contributed by atoms with Crippen LogP contribution in [-0.2, 0) is 9.53 Å². The van der Waals surface area contributed by atoms with Crippen LogP contribution in [0.5, 0.6) is 0 Å². The zero-order valence-electron chi connectivity index (χ0n) is 15.7. The topological polar surface area (TPSA) is 76.0 Å². The smallest absolute Gasteiger partial charge is 0.449 e. The highest BCUT2D eigenvalue weighted by Gasteiger charge is 2.40. The molecule has 8 heteroatoms. The Hall–Kier alpha value is -3.42. The van der Waals surface area contributed by atoms with E-state index < -0.39 is 29.2 Å². The number of ether oxygens (including phenoxy) is 1. The molecule has 2 aromatic carbocycles. The maximum atomic E-state index is 12.9. The zero-order chi connectivity index (χ0) is 21.6. The van der Waals surface area contributed by atoms with Crippen LogP contribution in [0.25, 0.3) is 0 Å². The fourth-order valence-corrected chi connectivity index (χ4v) is 2.48. The molecule has 0 heterocycles. The van der Waals surface area contributed by atoms with E-state index in [1.807, 2.05) is 0 Å². The van der Waals surface area contributed by atoms with E-state index in [0.717, 1.165) is 6.92 Å². The Morgan fingerprint density at radius 1 is 1.03 bits per heavy atom. The zero-order valence-corrected chi connectivity index (χ0v) is 15.7. The van der Waals surface area contributed by atoms with Crippen LogP contribution in [0.4, 0.5) is 18.9 Å². The van der Waals surface area contributed by atoms with Crippen molar-refractivity contribution >= 4 is 23.2 Å². The molecular formula is C21H18F3NO4. The van der Waals surface area contributed by atoms with Crippen molar-refractivity contribution in [1.82, 2.24) is 0 Å². The van der Waals surface area contributed by atoms with Crippen LogP contribution in [0.3, 0.4) is 0 Å². The number of rotatable bonds is 6. The molecule has 5 nitrogen and oxygen atoms in total. The van der Waals surface area contributed by atoms with E-state index in [1.54, 1.807) is 36.4 Å². The maximum absolute atomic E-state index is 12.9. The first-order chi connectivity index (χ1) is 13.6. The van der Waals surface area contributed by atoms with Crippen LogP contribution in [0, 0.1) is 0 Å². The summed E-state index contributed by atoms with van der Waals surface area (Å²) in [5.74, 6) is -3.73. The van der Waals surface area contributed by atoms with Gasteiger partial charge in [0.1, 0.15) is 5.57 Å². The number of esters is 1. The summed E-state index contributed by atoms with van der Waals surface area (Å²) in [5.41, 5.74) is -0.637. The van der Waals surface area contributed by atoms with Gasteiger partial charge in [0, 0.05) is 11.1 Å². The number of ketones is 1. The van der Waals surface area contributed by atoms with Gasteiger partial charge in [-0.05, 0) is 26.0 Å². The van der Waals surface area contributed by atoms with E-state index in [0.29, 0.717) is 5.56 Å². The summed E-state index contributed by atoms with van der Waals surface area (Å²) in [6.45, 7) is 2.38. The van der Waals surface area contributed by atoms with Crippen LogP contribution in [0.2, 0.25) is 0 Å². The Bertz CT molecular complexity index is 963. The predicted molar refractivity (Wildman–Crippen MR) is 101 cm³/mol. The van der Waals surface area contributed by atoms with E-state index in [1.165, 1.54) is 25.1 Å². The van der Waals surface area contributed by atoms with E-state index in [-0.39, 0.29) is 23.6 Å². The van der Waals surface area contributed by atoms with E-state index in [9.17, 15) is 27.9 Å². The minimum Gasteiger partial charge on any atom is -0.504 e. The number of alkyl halides is 3. The first kappa shape index (κ1) is 21.9. The molecule has 152 valence electrons. The summed E-state index contributed by atoms with van der Waals surface area (Å²) < 4.78 is 43.4. The van der Waals surface area contributed by atoms with Gasteiger partial charge in [-0.3, -0.25) is 9.79 Å². The Morgan fingerprint density at radius 3 is 2.24 bits per heavy atom. The van der Waals surface area contributed by atoms with E-state index >= 15 is 0 Å². The second kappa shape index (κ2) is 9.18. The standard InChI is InChI=1S/C21H18F3NO4/c1-3-29-20(28)17(19(27)21(22,23)24)13(2)25-16-11-7-10-15(12-16)18(26)14-8-5-4-6-9-14/h4-12,27H,3H2,1-2H3/b19-17+,25-13?. The Balaban J connectivity index is 2.46.